The Labute approximate surface area is 122 Å². The van der Waals surface area contributed by atoms with E-state index in [9.17, 15) is 4.79 Å². The second-order valence-electron chi connectivity index (χ2n) is 4.73. The van der Waals surface area contributed by atoms with Crippen LogP contribution >= 0.6 is 15.9 Å². The highest BCUT2D eigenvalue weighted by molar-refractivity contribution is 9.10. The van der Waals surface area contributed by atoms with E-state index in [1.807, 2.05) is 17.9 Å². The fourth-order valence-electron chi connectivity index (χ4n) is 2.27. The van der Waals surface area contributed by atoms with Crippen molar-refractivity contribution in [3.05, 3.63) is 34.3 Å². The molecule has 2 amide bonds. The Balaban J connectivity index is 1.82. The van der Waals surface area contributed by atoms with Crippen LogP contribution in [0.5, 0.6) is 0 Å². The first kappa shape index (κ1) is 14.3. The van der Waals surface area contributed by atoms with Crippen LogP contribution in [0.4, 0.5) is 4.79 Å². The van der Waals surface area contributed by atoms with Crippen molar-refractivity contribution in [1.29, 1.82) is 0 Å². The molecule has 1 saturated heterocycles. The molecule has 4 nitrogen and oxygen atoms in total. The van der Waals surface area contributed by atoms with Crippen molar-refractivity contribution in [3.8, 4) is 0 Å². The second kappa shape index (κ2) is 6.91. The molecule has 1 aromatic carbocycles. The molecule has 2 rings (SSSR count). The lowest BCUT2D eigenvalue weighted by atomic mass is 10.2. The van der Waals surface area contributed by atoms with Crippen LogP contribution in [0.15, 0.2) is 28.7 Å². The number of piperazine rings is 1. The minimum absolute atomic E-state index is 0.0598. The Morgan fingerprint density at radius 3 is 2.68 bits per heavy atom. The number of nitrogens with one attached hydrogen (secondary N) is 1. The number of hydrogen-bond acceptors (Lipinski definition) is 2. The van der Waals surface area contributed by atoms with Gasteiger partial charge in [0.05, 0.1) is 0 Å². The summed E-state index contributed by atoms with van der Waals surface area (Å²) in [5.41, 5.74) is 1.31. The number of hydrogen-bond donors (Lipinski definition) is 1. The number of halogens is 1. The van der Waals surface area contributed by atoms with E-state index in [1.54, 1.807) is 0 Å². The maximum atomic E-state index is 11.7. The molecule has 1 aliphatic rings. The van der Waals surface area contributed by atoms with E-state index in [0.29, 0.717) is 6.54 Å². The van der Waals surface area contributed by atoms with E-state index in [0.717, 1.165) is 37.2 Å². The van der Waals surface area contributed by atoms with Gasteiger partial charge in [0, 0.05) is 43.7 Å². The number of nitrogens with zero attached hydrogens (tertiary/aromatic N) is 2. The molecule has 0 spiro atoms. The molecule has 5 heteroatoms. The van der Waals surface area contributed by atoms with Gasteiger partial charge in [-0.25, -0.2) is 4.79 Å². The number of benzene rings is 1. The zero-order valence-electron chi connectivity index (χ0n) is 11.2. The van der Waals surface area contributed by atoms with Gasteiger partial charge in [0.1, 0.15) is 0 Å². The minimum atomic E-state index is 0.0598. The summed E-state index contributed by atoms with van der Waals surface area (Å²) in [7, 11) is 0. The van der Waals surface area contributed by atoms with E-state index < -0.39 is 0 Å². The molecule has 0 aliphatic carbocycles. The molecule has 1 N–H and O–H groups in total. The van der Waals surface area contributed by atoms with Gasteiger partial charge >= 0.3 is 6.03 Å². The Kier molecular flexibility index (Phi) is 5.22. The first-order valence-corrected chi connectivity index (χ1v) is 7.48. The molecule has 1 aromatic rings. The van der Waals surface area contributed by atoms with E-state index in [-0.39, 0.29) is 6.03 Å². The van der Waals surface area contributed by atoms with Crippen molar-refractivity contribution < 1.29 is 4.79 Å². The van der Waals surface area contributed by atoms with Crippen molar-refractivity contribution in [2.75, 3.05) is 32.7 Å². The van der Waals surface area contributed by atoms with Crippen LogP contribution in [0.1, 0.15) is 12.5 Å². The molecule has 19 heavy (non-hydrogen) atoms. The molecule has 0 atom stereocenters. The number of rotatable bonds is 3. The average molecular weight is 326 g/mol. The van der Waals surface area contributed by atoms with E-state index in [2.05, 4.69) is 44.3 Å². The summed E-state index contributed by atoms with van der Waals surface area (Å²) in [6.45, 7) is 7.06. The molecular formula is C14H20BrN3O. The largest absolute Gasteiger partial charge is 0.338 e. The number of amides is 2. The topological polar surface area (TPSA) is 35.6 Å². The third kappa shape index (κ3) is 4.21. The summed E-state index contributed by atoms with van der Waals surface area (Å²) in [5, 5.41) is 2.85. The normalized spacial score (nSPS) is 16.4. The fraction of sp³-hybridized carbons (Fsp3) is 0.500. The van der Waals surface area contributed by atoms with Crippen LogP contribution in [0.25, 0.3) is 0 Å². The van der Waals surface area contributed by atoms with E-state index >= 15 is 0 Å². The summed E-state index contributed by atoms with van der Waals surface area (Å²) < 4.78 is 1.12. The Morgan fingerprint density at radius 2 is 2.05 bits per heavy atom. The van der Waals surface area contributed by atoms with Gasteiger partial charge in [-0.3, -0.25) is 4.90 Å². The predicted octanol–water partition coefficient (Wildman–Crippen LogP) is 2.30. The zero-order valence-corrected chi connectivity index (χ0v) is 12.8. The van der Waals surface area contributed by atoms with Gasteiger partial charge in [-0.2, -0.15) is 0 Å². The minimum Gasteiger partial charge on any atom is -0.338 e. The van der Waals surface area contributed by atoms with Crippen molar-refractivity contribution in [2.24, 2.45) is 0 Å². The third-order valence-electron chi connectivity index (χ3n) is 3.28. The van der Waals surface area contributed by atoms with Crippen LogP contribution in [-0.4, -0.2) is 48.6 Å². The average Bonchev–Trinajstić information content (AvgIpc) is 2.40. The maximum absolute atomic E-state index is 11.7. The monoisotopic (exact) mass is 325 g/mol. The van der Waals surface area contributed by atoms with Crippen molar-refractivity contribution in [2.45, 2.75) is 13.5 Å². The highest BCUT2D eigenvalue weighted by Crippen LogP contribution is 2.14. The van der Waals surface area contributed by atoms with Crippen LogP contribution in [0, 0.1) is 0 Å². The Hall–Kier alpha value is -1.07. The SMILES string of the molecule is CCNC(=O)N1CCN(Cc2cccc(Br)c2)CC1. The van der Waals surface area contributed by atoms with Crippen LogP contribution < -0.4 is 5.32 Å². The van der Waals surface area contributed by atoms with E-state index in [4.69, 9.17) is 0 Å². The van der Waals surface area contributed by atoms with Gasteiger partial charge in [-0.15, -0.1) is 0 Å². The number of carbonyl (C=O) groups excluding carboxylic acids is 1. The highest BCUT2D eigenvalue weighted by Gasteiger charge is 2.20. The molecule has 0 unspecified atom stereocenters. The molecule has 1 aliphatic heterocycles. The maximum Gasteiger partial charge on any atom is 0.317 e. The van der Waals surface area contributed by atoms with E-state index in [1.165, 1.54) is 5.56 Å². The van der Waals surface area contributed by atoms with Crippen LogP contribution in [-0.2, 0) is 6.54 Å². The van der Waals surface area contributed by atoms with Crippen molar-refractivity contribution in [1.82, 2.24) is 15.1 Å². The van der Waals surface area contributed by atoms with Crippen molar-refractivity contribution in [3.63, 3.8) is 0 Å². The zero-order chi connectivity index (χ0) is 13.7. The van der Waals surface area contributed by atoms with Gasteiger partial charge < -0.3 is 10.2 Å². The van der Waals surface area contributed by atoms with Gasteiger partial charge in [-0.05, 0) is 24.6 Å². The summed E-state index contributed by atoms with van der Waals surface area (Å²) in [6, 6.07) is 8.45. The molecular weight excluding hydrogens is 306 g/mol. The molecule has 0 radical (unpaired) electrons. The molecule has 1 fully saturated rings. The molecule has 0 bridgehead atoms. The first-order chi connectivity index (χ1) is 9.19. The molecule has 0 aromatic heterocycles. The summed E-state index contributed by atoms with van der Waals surface area (Å²) in [4.78, 5) is 16.0. The Morgan fingerprint density at radius 1 is 1.32 bits per heavy atom. The summed E-state index contributed by atoms with van der Waals surface area (Å²) in [5.74, 6) is 0. The van der Waals surface area contributed by atoms with Gasteiger partial charge in [0.2, 0.25) is 0 Å². The smallest absolute Gasteiger partial charge is 0.317 e. The first-order valence-electron chi connectivity index (χ1n) is 6.68. The summed E-state index contributed by atoms with van der Waals surface area (Å²) in [6.07, 6.45) is 0. The van der Waals surface area contributed by atoms with Crippen LogP contribution in [0.3, 0.4) is 0 Å². The van der Waals surface area contributed by atoms with Gasteiger partial charge in [0.25, 0.3) is 0 Å². The molecule has 0 saturated carbocycles. The molecule has 1 heterocycles. The standard InChI is InChI=1S/C14H20BrN3O/c1-2-16-14(19)18-8-6-17(7-9-18)11-12-4-3-5-13(15)10-12/h3-5,10H,2,6-9,11H2,1H3,(H,16,19). The van der Waals surface area contributed by atoms with Crippen molar-refractivity contribution >= 4 is 22.0 Å². The van der Waals surface area contributed by atoms with Gasteiger partial charge in [-0.1, -0.05) is 28.1 Å². The number of urea groups is 1. The van der Waals surface area contributed by atoms with Gasteiger partial charge in [0.15, 0.2) is 0 Å². The quantitative estimate of drug-likeness (QED) is 0.925. The highest BCUT2D eigenvalue weighted by atomic mass is 79.9. The second-order valence-corrected chi connectivity index (χ2v) is 5.64. The Bertz CT molecular complexity index is 430. The fourth-order valence-corrected chi connectivity index (χ4v) is 2.71. The lowest BCUT2D eigenvalue weighted by Crippen LogP contribution is -2.51. The third-order valence-corrected chi connectivity index (χ3v) is 3.78. The number of carbonyl (C=O) groups is 1. The summed E-state index contributed by atoms with van der Waals surface area (Å²) >= 11 is 3.49. The van der Waals surface area contributed by atoms with Crippen LogP contribution in [0.2, 0.25) is 0 Å². The molecule has 104 valence electrons. The lowest BCUT2D eigenvalue weighted by molar-refractivity contribution is 0.135. The lowest BCUT2D eigenvalue weighted by Gasteiger charge is -2.34. The predicted molar refractivity (Wildman–Crippen MR) is 80.1 cm³/mol.